The van der Waals surface area contributed by atoms with Crippen molar-refractivity contribution in [1.82, 2.24) is 4.57 Å². The van der Waals surface area contributed by atoms with Crippen molar-refractivity contribution in [2.45, 2.75) is 213 Å². The van der Waals surface area contributed by atoms with Crippen LogP contribution in [0.3, 0.4) is 0 Å². The van der Waals surface area contributed by atoms with E-state index in [0.29, 0.717) is 0 Å². The molecule has 0 radical (unpaired) electrons. The van der Waals surface area contributed by atoms with E-state index >= 15 is 0 Å². The zero-order valence-electron chi connectivity index (χ0n) is 55.0. The highest BCUT2D eigenvalue weighted by atomic mass is 15.1. The van der Waals surface area contributed by atoms with Crippen LogP contribution in [-0.4, -0.2) is 4.57 Å². The van der Waals surface area contributed by atoms with Gasteiger partial charge in [0.05, 0.1) is 11.0 Å². The lowest BCUT2D eigenvalue weighted by Gasteiger charge is -2.34. The van der Waals surface area contributed by atoms with Crippen molar-refractivity contribution >= 4 is 38.9 Å². The molecule has 0 spiro atoms. The van der Waals surface area contributed by atoms with Crippen molar-refractivity contribution in [2.75, 3.05) is 4.90 Å². The first-order valence-corrected chi connectivity index (χ1v) is 35.4. The SMILES string of the molecule is CCCCCCCCCCCCC1(CCCCCCCCCCCC)c2ccccc2-c2ccc(N(c3ccc(-c4ccccc4)cc3)c3ccc(-c4ccc5c(c4)c4ccccc4n5-c4cc(C)cc(-c5cc(C)cc(CCCCCC)c5)c4)cc3)cc21. The predicted octanol–water partition coefficient (Wildman–Crippen LogP) is 26.9. The molecule has 11 rings (SSSR count). The Hall–Kier alpha value is -7.42. The Morgan fingerprint density at radius 3 is 1.42 bits per heavy atom. The third-order valence-electron chi connectivity index (χ3n) is 19.9. The number of aromatic nitrogens is 1. The summed E-state index contributed by atoms with van der Waals surface area (Å²) in [6.07, 6.45) is 35.8. The van der Waals surface area contributed by atoms with Gasteiger partial charge < -0.3 is 9.47 Å². The predicted molar refractivity (Wildman–Crippen MR) is 388 cm³/mol. The largest absolute Gasteiger partial charge is 0.310 e. The topological polar surface area (TPSA) is 8.17 Å². The first kappa shape index (κ1) is 63.2. The summed E-state index contributed by atoms with van der Waals surface area (Å²) in [7, 11) is 0. The summed E-state index contributed by atoms with van der Waals surface area (Å²) in [5.41, 5.74) is 24.7. The summed E-state index contributed by atoms with van der Waals surface area (Å²) < 4.78 is 2.49. The number of anilines is 3. The molecule has 0 atom stereocenters. The van der Waals surface area contributed by atoms with Crippen LogP contribution in [0, 0.1) is 13.8 Å². The molecular formula is C87H102N2. The molecule has 0 bridgehead atoms. The average molecular weight is 1180 g/mol. The standard InChI is InChI=1S/C87H102N2/c1-6-9-12-15-17-19-21-23-25-35-56-87(57-36-26-24-22-20-18-16-13-10-7-2)83-42-33-31-40-79(83)80-54-53-77(65-84(80)87)88(75-49-44-70(45-50-75)69-38-29-27-30-39-69)76-51-46-71(47-52-76)72-48-55-86-82(64-72)81-41-32-34-43-85(81)89(86)78-61-67(5)60-74(63-78)73-59-66(4)58-68(62-73)37-28-14-11-8-3/h27,29-34,38-55,58-65H,6-26,28,35-37,56-57H2,1-5H3. The van der Waals surface area contributed by atoms with Crippen LogP contribution in [-0.2, 0) is 11.8 Å². The van der Waals surface area contributed by atoms with Crippen LogP contribution in [0.4, 0.5) is 17.1 Å². The lowest BCUT2D eigenvalue weighted by molar-refractivity contribution is 0.397. The summed E-state index contributed by atoms with van der Waals surface area (Å²) >= 11 is 0. The number of hydrogen-bond acceptors (Lipinski definition) is 1. The van der Waals surface area contributed by atoms with Crippen LogP contribution >= 0.6 is 0 Å². The number of hydrogen-bond donors (Lipinski definition) is 0. The highest BCUT2D eigenvalue weighted by molar-refractivity contribution is 6.10. The Bertz CT molecular complexity index is 3810. The quantitative estimate of drug-likeness (QED) is 0.0365. The van der Waals surface area contributed by atoms with Gasteiger partial charge in [0, 0.05) is 38.9 Å². The van der Waals surface area contributed by atoms with E-state index in [1.165, 1.54) is 273 Å². The van der Waals surface area contributed by atoms with Gasteiger partial charge in [-0.3, -0.25) is 0 Å². The third kappa shape index (κ3) is 15.3. The van der Waals surface area contributed by atoms with Gasteiger partial charge >= 0.3 is 0 Å². The lowest BCUT2D eigenvalue weighted by Crippen LogP contribution is -2.26. The molecule has 2 nitrogen and oxygen atoms in total. The molecule has 1 aliphatic rings. The third-order valence-corrected chi connectivity index (χ3v) is 19.9. The van der Waals surface area contributed by atoms with Crippen molar-refractivity contribution in [1.29, 1.82) is 0 Å². The molecule has 0 unspecified atom stereocenters. The molecule has 0 saturated heterocycles. The van der Waals surface area contributed by atoms with Crippen LogP contribution in [0.15, 0.2) is 200 Å². The second kappa shape index (κ2) is 31.4. The van der Waals surface area contributed by atoms with Crippen LogP contribution in [0.5, 0.6) is 0 Å². The van der Waals surface area contributed by atoms with Crippen molar-refractivity contribution in [3.8, 4) is 50.2 Å². The Labute approximate surface area is 536 Å². The maximum atomic E-state index is 2.63. The molecule has 9 aromatic carbocycles. The number of aryl methyl sites for hydroxylation is 3. The van der Waals surface area contributed by atoms with Gasteiger partial charge in [0.1, 0.15) is 0 Å². The van der Waals surface area contributed by atoms with E-state index in [4.69, 9.17) is 0 Å². The van der Waals surface area contributed by atoms with E-state index in [0.717, 1.165) is 12.1 Å². The summed E-state index contributed by atoms with van der Waals surface area (Å²) in [5, 5.41) is 2.55. The van der Waals surface area contributed by atoms with Gasteiger partial charge in [-0.2, -0.15) is 0 Å². The van der Waals surface area contributed by atoms with E-state index in [1.807, 2.05) is 0 Å². The van der Waals surface area contributed by atoms with Crippen molar-refractivity contribution in [3.63, 3.8) is 0 Å². The Morgan fingerprint density at radius 1 is 0.315 bits per heavy atom. The van der Waals surface area contributed by atoms with Gasteiger partial charge in [-0.15, -0.1) is 0 Å². The minimum Gasteiger partial charge on any atom is -0.310 e. The molecule has 0 N–H and O–H groups in total. The average Bonchev–Trinajstić information content (AvgIpc) is 1.63. The van der Waals surface area contributed by atoms with Crippen molar-refractivity contribution in [2.24, 2.45) is 0 Å². The second-order valence-electron chi connectivity index (χ2n) is 26.7. The van der Waals surface area contributed by atoms with E-state index in [9.17, 15) is 0 Å². The molecule has 89 heavy (non-hydrogen) atoms. The van der Waals surface area contributed by atoms with Crippen LogP contribution < -0.4 is 4.90 Å². The van der Waals surface area contributed by atoms with E-state index in [1.54, 1.807) is 5.56 Å². The van der Waals surface area contributed by atoms with E-state index in [2.05, 4.69) is 244 Å². The summed E-state index contributed by atoms with van der Waals surface area (Å²) in [6.45, 7) is 11.4. The number of para-hydroxylation sites is 1. The van der Waals surface area contributed by atoms with Crippen LogP contribution in [0.25, 0.3) is 72.0 Å². The zero-order valence-corrected chi connectivity index (χ0v) is 55.0. The minimum absolute atomic E-state index is 0.0172. The molecule has 2 heteroatoms. The highest BCUT2D eigenvalue weighted by Gasteiger charge is 2.42. The van der Waals surface area contributed by atoms with Gasteiger partial charge in [-0.25, -0.2) is 0 Å². The normalized spacial score (nSPS) is 12.5. The number of unbranched alkanes of at least 4 members (excludes halogenated alkanes) is 21. The fourth-order valence-corrected chi connectivity index (χ4v) is 15.2. The maximum absolute atomic E-state index is 2.63. The van der Waals surface area contributed by atoms with Crippen LogP contribution in [0.2, 0.25) is 0 Å². The monoisotopic (exact) mass is 1170 g/mol. The Morgan fingerprint density at radius 2 is 0.787 bits per heavy atom. The molecule has 10 aromatic rings. The smallest absolute Gasteiger partial charge is 0.0541 e. The fourth-order valence-electron chi connectivity index (χ4n) is 15.2. The second-order valence-corrected chi connectivity index (χ2v) is 26.7. The van der Waals surface area contributed by atoms with Crippen LogP contribution in [0.1, 0.15) is 216 Å². The van der Waals surface area contributed by atoms with Crippen molar-refractivity contribution in [3.05, 3.63) is 228 Å². The van der Waals surface area contributed by atoms with E-state index in [-0.39, 0.29) is 5.41 Å². The van der Waals surface area contributed by atoms with E-state index < -0.39 is 0 Å². The maximum Gasteiger partial charge on any atom is 0.0541 e. The fraction of sp³-hybridized carbons (Fsp3) is 0.379. The highest BCUT2D eigenvalue weighted by Crippen LogP contribution is 2.56. The summed E-state index contributed by atoms with van der Waals surface area (Å²) in [5.74, 6) is 0. The summed E-state index contributed by atoms with van der Waals surface area (Å²) in [6, 6.07) is 77.2. The Balaban J connectivity index is 0.921. The molecule has 1 heterocycles. The van der Waals surface area contributed by atoms with Gasteiger partial charge in [-0.05, 0) is 173 Å². The first-order valence-electron chi connectivity index (χ1n) is 35.4. The summed E-state index contributed by atoms with van der Waals surface area (Å²) in [4.78, 5) is 2.53. The molecule has 1 aromatic heterocycles. The van der Waals surface area contributed by atoms with Gasteiger partial charge in [-0.1, -0.05) is 307 Å². The Kier molecular flexibility index (Phi) is 22.2. The molecule has 1 aliphatic carbocycles. The first-order chi connectivity index (χ1) is 43.8. The number of rotatable bonds is 34. The zero-order chi connectivity index (χ0) is 61.2. The van der Waals surface area contributed by atoms with Gasteiger partial charge in [0.15, 0.2) is 0 Å². The van der Waals surface area contributed by atoms with Crippen molar-refractivity contribution < 1.29 is 0 Å². The molecule has 0 aliphatic heterocycles. The molecule has 460 valence electrons. The number of benzene rings is 9. The number of nitrogens with zero attached hydrogens (tertiary/aromatic N) is 2. The molecule has 0 fully saturated rings. The van der Waals surface area contributed by atoms with Gasteiger partial charge in [0.25, 0.3) is 0 Å². The minimum atomic E-state index is -0.0172. The molecule has 0 saturated carbocycles. The lowest BCUT2D eigenvalue weighted by atomic mass is 9.70. The number of fused-ring (bicyclic) bond motifs is 6. The van der Waals surface area contributed by atoms with Gasteiger partial charge in [0.2, 0.25) is 0 Å². The molecular weight excluding hydrogens is 1070 g/mol. The molecule has 0 amide bonds.